The monoisotopic (exact) mass is 445 g/mol. The molecule has 0 atom stereocenters. The van der Waals surface area contributed by atoms with Crippen molar-refractivity contribution in [2.45, 2.75) is 13.2 Å². The van der Waals surface area contributed by atoms with Crippen LogP contribution in [0.5, 0.6) is 23.0 Å². The lowest BCUT2D eigenvalue weighted by molar-refractivity contribution is 0.171. The Balaban J connectivity index is 1.40. The van der Waals surface area contributed by atoms with Crippen molar-refractivity contribution in [3.05, 3.63) is 75.8 Å². The Morgan fingerprint density at radius 1 is 0.900 bits per heavy atom. The smallest absolute Gasteiger partial charge is 0.163 e. The molecule has 0 saturated carbocycles. The molecule has 156 valence electrons. The molecule has 0 saturated heterocycles. The Bertz CT molecular complexity index is 1040. The van der Waals surface area contributed by atoms with Gasteiger partial charge in [-0.25, -0.2) is 0 Å². The molecular weight excluding hydrogens is 425 g/mol. The molecule has 3 aromatic carbocycles. The third-order valence-corrected chi connectivity index (χ3v) is 5.25. The Labute approximate surface area is 185 Å². The second-order valence-electron chi connectivity index (χ2n) is 6.72. The van der Waals surface area contributed by atoms with E-state index >= 15 is 0 Å². The first-order valence-electron chi connectivity index (χ1n) is 9.49. The molecule has 0 aliphatic carbocycles. The predicted molar refractivity (Wildman–Crippen MR) is 119 cm³/mol. The number of hydrogen-bond acceptors (Lipinski definition) is 5. The van der Waals surface area contributed by atoms with Crippen molar-refractivity contribution < 1.29 is 18.9 Å². The average molecular weight is 446 g/mol. The van der Waals surface area contributed by atoms with Gasteiger partial charge in [-0.2, -0.15) is 0 Å². The molecule has 7 heteroatoms. The number of rotatable bonds is 7. The molecular formula is C23H21Cl2NO4. The van der Waals surface area contributed by atoms with Crippen molar-refractivity contribution in [3.63, 3.8) is 0 Å². The van der Waals surface area contributed by atoms with Gasteiger partial charge in [0.25, 0.3) is 0 Å². The predicted octanol–water partition coefficient (Wildman–Crippen LogP) is 5.96. The van der Waals surface area contributed by atoms with Crippen molar-refractivity contribution in [3.8, 4) is 23.0 Å². The van der Waals surface area contributed by atoms with Gasteiger partial charge in [-0.05, 0) is 42.0 Å². The number of halogens is 2. The number of anilines is 1. The van der Waals surface area contributed by atoms with Crippen molar-refractivity contribution >= 4 is 28.9 Å². The maximum atomic E-state index is 6.22. The summed E-state index contributed by atoms with van der Waals surface area (Å²) in [6.45, 7) is 2.09. The first kappa shape index (κ1) is 20.5. The van der Waals surface area contributed by atoms with Crippen LogP contribution in [0.3, 0.4) is 0 Å². The fraction of sp³-hybridized carbons (Fsp3) is 0.217. The summed E-state index contributed by atoms with van der Waals surface area (Å²) in [6, 6.07) is 17.0. The van der Waals surface area contributed by atoms with Crippen LogP contribution in [0.15, 0.2) is 54.6 Å². The highest BCUT2D eigenvalue weighted by Gasteiger charge is 2.12. The van der Waals surface area contributed by atoms with E-state index in [0.29, 0.717) is 47.9 Å². The minimum Gasteiger partial charge on any atom is -0.493 e. The molecule has 0 radical (unpaired) electrons. The number of benzene rings is 3. The maximum absolute atomic E-state index is 6.22. The van der Waals surface area contributed by atoms with Crippen LogP contribution in [0.25, 0.3) is 0 Å². The van der Waals surface area contributed by atoms with E-state index in [2.05, 4.69) is 5.32 Å². The van der Waals surface area contributed by atoms with E-state index in [4.69, 9.17) is 42.1 Å². The summed E-state index contributed by atoms with van der Waals surface area (Å²) >= 11 is 12.2. The van der Waals surface area contributed by atoms with Gasteiger partial charge in [0.15, 0.2) is 23.0 Å². The molecule has 0 spiro atoms. The van der Waals surface area contributed by atoms with Crippen molar-refractivity contribution in [2.75, 3.05) is 25.6 Å². The Kier molecular flexibility index (Phi) is 6.41. The lowest BCUT2D eigenvalue weighted by Crippen LogP contribution is -2.15. The third kappa shape index (κ3) is 4.86. The van der Waals surface area contributed by atoms with Crippen LogP contribution >= 0.6 is 23.2 Å². The van der Waals surface area contributed by atoms with Gasteiger partial charge in [0, 0.05) is 33.9 Å². The Hall–Kier alpha value is -2.76. The summed E-state index contributed by atoms with van der Waals surface area (Å²) < 4.78 is 22.6. The van der Waals surface area contributed by atoms with Crippen molar-refractivity contribution in [2.24, 2.45) is 0 Å². The number of methoxy groups -OCH3 is 1. The fourth-order valence-corrected chi connectivity index (χ4v) is 3.56. The second-order valence-corrected chi connectivity index (χ2v) is 7.57. The Morgan fingerprint density at radius 3 is 2.53 bits per heavy atom. The molecule has 0 bridgehead atoms. The molecule has 0 fully saturated rings. The first-order valence-corrected chi connectivity index (χ1v) is 10.2. The zero-order chi connectivity index (χ0) is 20.9. The van der Waals surface area contributed by atoms with E-state index in [1.54, 1.807) is 19.2 Å². The standard InChI is InChI=1S/C23H21Cl2NO4/c1-27-22-10-15(13-26-18-5-7-21-23(12-18)29-9-8-28-21)2-6-20(22)30-14-16-3-4-17(24)11-19(16)25/h2-7,10-12,26H,8-9,13-14H2,1H3. The van der Waals surface area contributed by atoms with Crippen LogP contribution in [0.2, 0.25) is 10.0 Å². The van der Waals surface area contributed by atoms with Crippen LogP contribution in [-0.2, 0) is 13.2 Å². The largest absolute Gasteiger partial charge is 0.493 e. The number of hydrogen-bond donors (Lipinski definition) is 1. The zero-order valence-corrected chi connectivity index (χ0v) is 17.9. The minimum absolute atomic E-state index is 0.321. The van der Waals surface area contributed by atoms with Gasteiger partial charge in [0.2, 0.25) is 0 Å². The maximum Gasteiger partial charge on any atom is 0.163 e. The number of ether oxygens (including phenoxy) is 4. The molecule has 0 aromatic heterocycles. The van der Waals surface area contributed by atoms with Gasteiger partial charge in [-0.1, -0.05) is 35.3 Å². The molecule has 1 aliphatic rings. The van der Waals surface area contributed by atoms with Crippen LogP contribution in [0, 0.1) is 0 Å². The van der Waals surface area contributed by atoms with Crippen molar-refractivity contribution in [1.29, 1.82) is 0 Å². The van der Waals surface area contributed by atoms with Gasteiger partial charge < -0.3 is 24.3 Å². The minimum atomic E-state index is 0.321. The van der Waals surface area contributed by atoms with E-state index in [1.165, 1.54) is 0 Å². The van der Waals surface area contributed by atoms with Gasteiger partial charge in [0.05, 0.1) is 7.11 Å². The van der Waals surface area contributed by atoms with Gasteiger partial charge in [-0.15, -0.1) is 0 Å². The van der Waals surface area contributed by atoms with Crippen LogP contribution < -0.4 is 24.3 Å². The molecule has 1 N–H and O–H groups in total. The Morgan fingerprint density at radius 2 is 1.73 bits per heavy atom. The lowest BCUT2D eigenvalue weighted by atomic mass is 10.2. The lowest BCUT2D eigenvalue weighted by Gasteiger charge is -2.19. The summed E-state index contributed by atoms with van der Waals surface area (Å²) in [6.07, 6.45) is 0. The summed E-state index contributed by atoms with van der Waals surface area (Å²) in [5.74, 6) is 2.83. The SMILES string of the molecule is COc1cc(CNc2ccc3c(c2)OCCO3)ccc1OCc1ccc(Cl)cc1Cl. The molecule has 30 heavy (non-hydrogen) atoms. The molecule has 4 rings (SSSR count). The van der Waals surface area contributed by atoms with Crippen LogP contribution in [0.4, 0.5) is 5.69 Å². The molecule has 1 aliphatic heterocycles. The molecule has 0 amide bonds. The van der Waals surface area contributed by atoms with Crippen LogP contribution in [-0.4, -0.2) is 20.3 Å². The first-order chi connectivity index (χ1) is 14.6. The highest BCUT2D eigenvalue weighted by molar-refractivity contribution is 6.35. The highest BCUT2D eigenvalue weighted by Crippen LogP contribution is 2.33. The number of fused-ring (bicyclic) bond motifs is 1. The van der Waals surface area contributed by atoms with E-state index in [-0.39, 0.29) is 0 Å². The fourth-order valence-electron chi connectivity index (χ4n) is 3.09. The van der Waals surface area contributed by atoms with Crippen LogP contribution in [0.1, 0.15) is 11.1 Å². The molecule has 0 unspecified atom stereocenters. The second kappa shape index (κ2) is 9.37. The zero-order valence-electron chi connectivity index (χ0n) is 16.4. The average Bonchev–Trinajstić information content (AvgIpc) is 2.77. The topological polar surface area (TPSA) is 49.0 Å². The summed E-state index contributed by atoms with van der Waals surface area (Å²) in [5.41, 5.74) is 2.86. The molecule has 1 heterocycles. The van der Waals surface area contributed by atoms with E-state index < -0.39 is 0 Å². The van der Waals surface area contributed by atoms with E-state index in [1.807, 2.05) is 42.5 Å². The highest BCUT2D eigenvalue weighted by atomic mass is 35.5. The quantitative estimate of drug-likeness (QED) is 0.485. The van der Waals surface area contributed by atoms with Gasteiger partial charge in [-0.3, -0.25) is 0 Å². The molecule has 5 nitrogen and oxygen atoms in total. The summed E-state index contributed by atoms with van der Waals surface area (Å²) in [7, 11) is 1.62. The number of nitrogens with one attached hydrogen (secondary N) is 1. The molecule has 3 aromatic rings. The van der Waals surface area contributed by atoms with Gasteiger partial charge in [0.1, 0.15) is 19.8 Å². The van der Waals surface area contributed by atoms with E-state index in [0.717, 1.165) is 28.3 Å². The third-order valence-electron chi connectivity index (χ3n) is 4.67. The summed E-state index contributed by atoms with van der Waals surface area (Å²) in [5, 5.41) is 4.56. The summed E-state index contributed by atoms with van der Waals surface area (Å²) in [4.78, 5) is 0. The van der Waals surface area contributed by atoms with Crippen molar-refractivity contribution in [1.82, 2.24) is 0 Å². The normalized spacial score (nSPS) is 12.4. The van der Waals surface area contributed by atoms with Gasteiger partial charge >= 0.3 is 0 Å². The van der Waals surface area contributed by atoms with E-state index in [9.17, 15) is 0 Å².